The van der Waals surface area contributed by atoms with Crippen LogP contribution in [0.2, 0.25) is 0 Å². The summed E-state index contributed by atoms with van der Waals surface area (Å²) in [4.78, 5) is 27.8. The molecule has 1 heterocycles. The first-order valence-electron chi connectivity index (χ1n) is 6.54. The van der Waals surface area contributed by atoms with E-state index in [0.717, 1.165) is 4.57 Å². The lowest BCUT2D eigenvalue weighted by Gasteiger charge is -2.12. The van der Waals surface area contributed by atoms with Gasteiger partial charge in [0.05, 0.1) is 16.5 Å². The van der Waals surface area contributed by atoms with E-state index < -0.39 is 23.9 Å². The molecular formula is C16H11FN2O3. The van der Waals surface area contributed by atoms with Crippen molar-refractivity contribution in [2.75, 3.05) is 0 Å². The van der Waals surface area contributed by atoms with Gasteiger partial charge in [-0.1, -0.05) is 24.3 Å². The number of nitrogens with zero attached hydrogens (tertiary/aromatic N) is 2. The standard InChI is InChI=1S/C16H11FN2O3/c17-12-7-3-1-5-10(12)15-18-13-8-4-2-6-11(13)16(22)19(15)9-14(20)21/h1-8H,9H2,(H,20,21). The first-order valence-corrected chi connectivity index (χ1v) is 6.54. The molecule has 0 unspecified atom stereocenters. The second-order valence-corrected chi connectivity index (χ2v) is 4.72. The molecule has 6 heteroatoms. The normalized spacial score (nSPS) is 10.8. The van der Waals surface area contributed by atoms with Gasteiger partial charge in [0.2, 0.25) is 0 Å². The number of carbonyl (C=O) groups is 1. The van der Waals surface area contributed by atoms with Crippen LogP contribution in [0.1, 0.15) is 0 Å². The van der Waals surface area contributed by atoms with E-state index in [-0.39, 0.29) is 11.4 Å². The fourth-order valence-electron chi connectivity index (χ4n) is 2.30. The summed E-state index contributed by atoms with van der Waals surface area (Å²) in [6.07, 6.45) is 0. The summed E-state index contributed by atoms with van der Waals surface area (Å²) in [5.41, 5.74) is -0.0229. The SMILES string of the molecule is O=C(O)Cn1c(-c2ccccc2F)nc2ccccc2c1=O. The molecule has 2 aromatic carbocycles. The summed E-state index contributed by atoms with van der Waals surface area (Å²) < 4.78 is 15.0. The van der Waals surface area contributed by atoms with E-state index >= 15 is 0 Å². The fraction of sp³-hybridized carbons (Fsp3) is 0.0625. The topological polar surface area (TPSA) is 72.2 Å². The fourth-order valence-corrected chi connectivity index (χ4v) is 2.30. The molecule has 0 saturated carbocycles. The van der Waals surface area contributed by atoms with Crippen molar-refractivity contribution < 1.29 is 14.3 Å². The Kier molecular flexibility index (Phi) is 3.42. The van der Waals surface area contributed by atoms with Gasteiger partial charge in [-0.05, 0) is 24.3 Å². The van der Waals surface area contributed by atoms with Crippen molar-refractivity contribution in [1.29, 1.82) is 0 Å². The van der Waals surface area contributed by atoms with Gasteiger partial charge < -0.3 is 5.11 Å². The van der Waals surface area contributed by atoms with Crippen molar-refractivity contribution in [2.45, 2.75) is 6.54 Å². The average Bonchev–Trinajstić information content (AvgIpc) is 2.50. The Morgan fingerprint density at radius 3 is 2.55 bits per heavy atom. The molecule has 0 spiro atoms. The molecule has 0 saturated heterocycles. The van der Waals surface area contributed by atoms with Gasteiger partial charge in [-0.15, -0.1) is 0 Å². The third kappa shape index (κ3) is 2.35. The second-order valence-electron chi connectivity index (χ2n) is 4.72. The van der Waals surface area contributed by atoms with Crippen LogP contribution < -0.4 is 5.56 Å². The second kappa shape index (κ2) is 5.40. The number of carboxylic acid groups (broad SMARTS) is 1. The molecule has 0 fully saturated rings. The zero-order valence-electron chi connectivity index (χ0n) is 11.4. The zero-order chi connectivity index (χ0) is 15.7. The number of rotatable bonds is 3. The minimum atomic E-state index is -1.20. The Bertz CT molecular complexity index is 934. The Morgan fingerprint density at radius 2 is 1.82 bits per heavy atom. The molecule has 3 rings (SSSR count). The molecule has 5 nitrogen and oxygen atoms in total. The minimum absolute atomic E-state index is 0.00389. The molecule has 0 radical (unpaired) electrons. The molecule has 0 aliphatic heterocycles. The zero-order valence-corrected chi connectivity index (χ0v) is 11.4. The Hall–Kier alpha value is -3.02. The molecule has 0 bridgehead atoms. The van der Waals surface area contributed by atoms with Gasteiger partial charge in [-0.25, -0.2) is 9.37 Å². The van der Waals surface area contributed by atoms with E-state index in [4.69, 9.17) is 5.11 Å². The average molecular weight is 298 g/mol. The quantitative estimate of drug-likeness (QED) is 0.805. The number of benzene rings is 2. The number of carboxylic acids is 1. The summed E-state index contributed by atoms with van der Waals surface area (Å²) in [5, 5.41) is 9.32. The summed E-state index contributed by atoms with van der Waals surface area (Å²) >= 11 is 0. The van der Waals surface area contributed by atoms with Crippen LogP contribution >= 0.6 is 0 Å². The number of aliphatic carboxylic acids is 1. The number of aromatic nitrogens is 2. The van der Waals surface area contributed by atoms with E-state index in [1.807, 2.05) is 0 Å². The van der Waals surface area contributed by atoms with Crippen LogP contribution in [0.15, 0.2) is 53.3 Å². The van der Waals surface area contributed by atoms with Crippen molar-refractivity contribution >= 4 is 16.9 Å². The molecule has 0 aliphatic rings. The van der Waals surface area contributed by atoms with Gasteiger partial charge in [0, 0.05) is 0 Å². The monoisotopic (exact) mass is 298 g/mol. The molecule has 1 aromatic heterocycles. The molecular weight excluding hydrogens is 287 g/mol. The van der Waals surface area contributed by atoms with Crippen LogP contribution in [0, 0.1) is 5.82 Å². The van der Waals surface area contributed by atoms with Gasteiger partial charge in [-0.3, -0.25) is 14.2 Å². The van der Waals surface area contributed by atoms with Gasteiger partial charge in [0.25, 0.3) is 5.56 Å². The van der Waals surface area contributed by atoms with Crippen molar-refractivity contribution in [3.8, 4) is 11.4 Å². The van der Waals surface area contributed by atoms with Gasteiger partial charge in [0.15, 0.2) is 0 Å². The van der Waals surface area contributed by atoms with Gasteiger partial charge in [-0.2, -0.15) is 0 Å². The lowest BCUT2D eigenvalue weighted by Crippen LogP contribution is -2.27. The Labute approximate surface area is 124 Å². The maximum absolute atomic E-state index is 14.0. The molecule has 1 N–H and O–H groups in total. The molecule has 0 aliphatic carbocycles. The summed E-state index contributed by atoms with van der Waals surface area (Å²) in [6, 6.07) is 12.4. The predicted octanol–water partition coefficient (Wildman–Crippen LogP) is 2.29. The number of hydrogen-bond acceptors (Lipinski definition) is 3. The lowest BCUT2D eigenvalue weighted by molar-refractivity contribution is -0.137. The molecule has 3 aromatic rings. The van der Waals surface area contributed by atoms with Crippen LogP contribution in [-0.4, -0.2) is 20.6 Å². The Morgan fingerprint density at radius 1 is 1.14 bits per heavy atom. The minimum Gasteiger partial charge on any atom is -0.480 e. The third-order valence-electron chi connectivity index (χ3n) is 3.27. The van der Waals surface area contributed by atoms with E-state index in [0.29, 0.717) is 10.9 Å². The molecule has 0 atom stereocenters. The van der Waals surface area contributed by atoms with Crippen LogP contribution in [0.4, 0.5) is 4.39 Å². The first-order chi connectivity index (χ1) is 10.6. The highest BCUT2D eigenvalue weighted by Crippen LogP contribution is 2.21. The van der Waals surface area contributed by atoms with E-state index in [2.05, 4.69) is 4.98 Å². The molecule has 0 amide bonds. The lowest BCUT2D eigenvalue weighted by atomic mass is 10.1. The van der Waals surface area contributed by atoms with Crippen LogP contribution in [0.3, 0.4) is 0 Å². The number of fused-ring (bicyclic) bond motifs is 1. The summed E-state index contributed by atoms with van der Waals surface area (Å²) in [7, 11) is 0. The summed E-state index contributed by atoms with van der Waals surface area (Å²) in [5.74, 6) is -1.76. The maximum Gasteiger partial charge on any atom is 0.323 e. The molecule has 22 heavy (non-hydrogen) atoms. The smallest absolute Gasteiger partial charge is 0.323 e. The first kappa shape index (κ1) is 13.9. The molecule has 110 valence electrons. The highest BCUT2D eigenvalue weighted by molar-refractivity contribution is 5.80. The predicted molar refractivity (Wildman–Crippen MR) is 79.0 cm³/mol. The number of halogens is 1. The highest BCUT2D eigenvalue weighted by Gasteiger charge is 2.17. The van der Waals surface area contributed by atoms with Crippen molar-refractivity contribution in [1.82, 2.24) is 9.55 Å². The van der Waals surface area contributed by atoms with Crippen LogP contribution in [0.5, 0.6) is 0 Å². The Balaban J connectivity index is 2.39. The van der Waals surface area contributed by atoms with Crippen LogP contribution in [-0.2, 0) is 11.3 Å². The largest absolute Gasteiger partial charge is 0.480 e. The van der Waals surface area contributed by atoms with E-state index in [1.165, 1.54) is 18.2 Å². The number of para-hydroxylation sites is 1. The summed E-state index contributed by atoms with van der Waals surface area (Å²) in [6.45, 7) is -0.583. The number of hydrogen-bond donors (Lipinski definition) is 1. The van der Waals surface area contributed by atoms with Crippen molar-refractivity contribution in [3.05, 3.63) is 64.7 Å². The highest BCUT2D eigenvalue weighted by atomic mass is 19.1. The van der Waals surface area contributed by atoms with Crippen molar-refractivity contribution in [3.63, 3.8) is 0 Å². The van der Waals surface area contributed by atoms with Crippen LogP contribution in [0.25, 0.3) is 22.3 Å². The maximum atomic E-state index is 14.0. The van der Waals surface area contributed by atoms with Gasteiger partial charge in [0.1, 0.15) is 18.2 Å². The van der Waals surface area contributed by atoms with Gasteiger partial charge >= 0.3 is 5.97 Å². The van der Waals surface area contributed by atoms with E-state index in [1.54, 1.807) is 30.3 Å². The third-order valence-corrected chi connectivity index (χ3v) is 3.27. The van der Waals surface area contributed by atoms with Crippen molar-refractivity contribution in [2.24, 2.45) is 0 Å². The van der Waals surface area contributed by atoms with E-state index in [9.17, 15) is 14.0 Å².